The average Bonchev–Trinajstić information content (AvgIpc) is 2.48. The Morgan fingerprint density at radius 3 is 2.32 bits per heavy atom. The second kappa shape index (κ2) is 6.78. The fourth-order valence-corrected chi connectivity index (χ4v) is 2.27. The molecule has 0 aliphatic heterocycles. The standard InChI is InChI=1S/C14H12F3N3OS/c1-9(22-13-18-7-2-8-19-13)12(21)20-11-5-3-10(4-6-11)14(15,16)17/h2-9H,1H3,(H,20,21)/t9-/m0/s1. The number of amides is 1. The highest BCUT2D eigenvalue weighted by Gasteiger charge is 2.30. The molecule has 2 rings (SSSR count). The van der Waals surface area contributed by atoms with E-state index in [2.05, 4.69) is 15.3 Å². The maximum absolute atomic E-state index is 12.4. The zero-order chi connectivity index (χ0) is 16.2. The highest BCUT2D eigenvalue weighted by atomic mass is 32.2. The number of hydrogen-bond acceptors (Lipinski definition) is 4. The number of alkyl halides is 3. The third-order valence-corrected chi connectivity index (χ3v) is 3.66. The topological polar surface area (TPSA) is 54.9 Å². The largest absolute Gasteiger partial charge is 0.416 e. The second-order valence-electron chi connectivity index (χ2n) is 4.36. The van der Waals surface area contributed by atoms with Gasteiger partial charge in [-0.15, -0.1) is 0 Å². The summed E-state index contributed by atoms with van der Waals surface area (Å²) in [4.78, 5) is 20.0. The molecule has 1 heterocycles. The summed E-state index contributed by atoms with van der Waals surface area (Å²) in [5, 5.41) is 2.53. The van der Waals surface area contributed by atoms with Gasteiger partial charge >= 0.3 is 6.18 Å². The van der Waals surface area contributed by atoms with Crippen LogP contribution in [-0.2, 0) is 11.0 Å². The van der Waals surface area contributed by atoms with Gasteiger partial charge in [0.25, 0.3) is 0 Å². The maximum atomic E-state index is 12.4. The first-order valence-electron chi connectivity index (χ1n) is 6.28. The number of carbonyl (C=O) groups excluding carboxylic acids is 1. The van der Waals surface area contributed by atoms with Crippen LogP contribution in [0.1, 0.15) is 12.5 Å². The van der Waals surface area contributed by atoms with Crippen molar-refractivity contribution >= 4 is 23.4 Å². The minimum Gasteiger partial charge on any atom is -0.325 e. The molecule has 0 saturated carbocycles. The van der Waals surface area contributed by atoms with Gasteiger partial charge in [-0.25, -0.2) is 9.97 Å². The molecule has 0 bridgehead atoms. The van der Waals surface area contributed by atoms with Gasteiger partial charge in [0, 0.05) is 18.1 Å². The van der Waals surface area contributed by atoms with E-state index in [4.69, 9.17) is 0 Å². The molecule has 1 N–H and O–H groups in total. The van der Waals surface area contributed by atoms with Crippen LogP contribution in [0.5, 0.6) is 0 Å². The van der Waals surface area contributed by atoms with Crippen LogP contribution in [0.4, 0.5) is 18.9 Å². The van der Waals surface area contributed by atoms with Gasteiger partial charge in [-0.1, -0.05) is 11.8 Å². The van der Waals surface area contributed by atoms with Crippen molar-refractivity contribution in [3.8, 4) is 0 Å². The van der Waals surface area contributed by atoms with Gasteiger partial charge in [0.05, 0.1) is 10.8 Å². The van der Waals surface area contributed by atoms with Crippen molar-refractivity contribution in [3.05, 3.63) is 48.3 Å². The molecule has 116 valence electrons. The van der Waals surface area contributed by atoms with Crippen LogP contribution in [0.2, 0.25) is 0 Å². The lowest BCUT2D eigenvalue weighted by Gasteiger charge is -2.12. The Bertz CT molecular complexity index is 632. The minimum atomic E-state index is -4.39. The smallest absolute Gasteiger partial charge is 0.325 e. The van der Waals surface area contributed by atoms with Gasteiger partial charge < -0.3 is 5.32 Å². The number of nitrogens with zero attached hydrogens (tertiary/aromatic N) is 2. The zero-order valence-electron chi connectivity index (χ0n) is 11.5. The highest BCUT2D eigenvalue weighted by Crippen LogP contribution is 2.30. The molecule has 2 aromatic rings. The second-order valence-corrected chi connectivity index (χ2v) is 5.66. The molecule has 0 saturated heterocycles. The Labute approximate surface area is 129 Å². The monoisotopic (exact) mass is 327 g/mol. The summed E-state index contributed by atoms with van der Waals surface area (Å²) in [6.07, 6.45) is -1.26. The fraction of sp³-hybridized carbons (Fsp3) is 0.214. The summed E-state index contributed by atoms with van der Waals surface area (Å²) >= 11 is 1.16. The summed E-state index contributed by atoms with van der Waals surface area (Å²) < 4.78 is 37.3. The maximum Gasteiger partial charge on any atom is 0.416 e. The predicted molar refractivity (Wildman–Crippen MR) is 77.4 cm³/mol. The Kier molecular flexibility index (Phi) is 5.02. The fourth-order valence-electron chi connectivity index (χ4n) is 1.54. The molecule has 1 amide bonds. The van der Waals surface area contributed by atoms with Gasteiger partial charge in [0.1, 0.15) is 0 Å². The van der Waals surface area contributed by atoms with E-state index in [-0.39, 0.29) is 5.91 Å². The van der Waals surface area contributed by atoms with Crippen LogP contribution in [-0.4, -0.2) is 21.1 Å². The summed E-state index contributed by atoms with van der Waals surface area (Å²) in [6.45, 7) is 1.67. The van der Waals surface area contributed by atoms with Gasteiger partial charge in [0.2, 0.25) is 5.91 Å². The quantitative estimate of drug-likeness (QED) is 0.688. The SMILES string of the molecule is C[C@H](Sc1ncccn1)C(=O)Nc1ccc(C(F)(F)F)cc1. The number of rotatable bonds is 4. The Hall–Kier alpha value is -2.09. The molecule has 1 aromatic carbocycles. The van der Waals surface area contributed by atoms with Crippen molar-refractivity contribution in [2.24, 2.45) is 0 Å². The molecular weight excluding hydrogens is 315 g/mol. The van der Waals surface area contributed by atoms with Gasteiger partial charge in [0.15, 0.2) is 5.16 Å². The van der Waals surface area contributed by atoms with E-state index in [9.17, 15) is 18.0 Å². The highest BCUT2D eigenvalue weighted by molar-refractivity contribution is 8.00. The number of benzene rings is 1. The van der Waals surface area contributed by atoms with E-state index in [1.54, 1.807) is 25.4 Å². The van der Waals surface area contributed by atoms with Crippen LogP contribution in [0, 0.1) is 0 Å². The van der Waals surface area contributed by atoms with Crippen molar-refractivity contribution in [2.75, 3.05) is 5.32 Å². The average molecular weight is 327 g/mol. The number of hydrogen-bond donors (Lipinski definition) is 1. The Morgan fingerprint density at radius 2 is 1.77 bits per heavy atom. The molecule has 1 atom stereocenters. The first kappa shape index (κ1) is 16.3. The first-order chi connectivity index (χ1) is 10.4. The molecule has 0 spiro atoms. The van der Waals surface area contributed by atoms with Crippen molar-refractivity contribution < 1.29 is 18.0 Å². The first-order valence-corrected chi connectivity index (χ1v) is 7.16. The van der Waals surface area contributed by atoms with Gasteiger partial charge in [-0.05, 0) is 37.3 Å². The summed E-state index contributed by atoms with van der Waals surface area (Å²) in [5.41, 5.74) is -0.454. The van der Waals surface area contributed by atoms with Crippen molar-refractivity contribution in [3.63, 3.8) is 0 Å². The van der Waals surface area contributed by atoms with E-state index in [1.165, 1.54) is 12.1 Å². The Morgan fingerprint density at radius 1 is 1.18 bits per heavy atom. The molecule has 0 aliphatic carbocycles. The number of aromatic nitrogens is 2. The lowest BCUT2D eigenvalue weighted by Crippen LogP contribution is -2.22. The molecule has 0 fully saturated rings. The normalized spacial score (nSPS) is 12.7. The predicted octanol–water partition coefficient (Wildman–Crippen LogP) is 3.61. The molecule has 1 aromatic heterocycles. The van der Waals surface area contributed by atoms with Crippen molar-refractivity contribution in [1.82, 2.24) is 9.97 Å². The number of nitrogens with one attached hydrogen (secondary N) is 1. The number of halogens is 3. The molecule has 4 nitrogen and oxygen atoms in total. The lowest BCUT2D eigenvalue weighted by atomic mass is 10.2. The molecule has 0 radical (unpaired) electrons. The summed E-state index contributed by atoms with van der Waals surface area (Å²) in [5.74, 6) is -0.336. The van der Waals surface area contributed by atoms with Crippen LogP contribution in [0.25, 0.3) is 0 Å². The molecule has 0 unspecified atom stereocenters. The lowest BCUT2D eigenvalue weighted by molar-refractivity contribution is -0.137. The third kappa shape index (κ3) is 4.45. The van der Waals surface area contributed by atoms with Crippen LogP contribution in [0.3, 0.4) is 0 Å². The zero-order valence-corrected chi connectivity index (χ0v) is 12.3. The van der Waals surface area contributed by atoms with Crippen molar-refractivity contribution in [1.29, 1.82) is 0 Å². The van der Waals surface area contributed by atoms with Crippen molar-refractivity contribution in [2.45, 2.75) is 23.5 Å². The van der Waals surface area contributed by atoms with Gasteiger partial charge in [-0.2, -0.15) is 13.2 Å². The van der Waals surface area contributed by atoms with E-state index < -0.39 is 17.0 Å². The molecule has 22 heavy (non-hydrogen) atoms. The molecule has 0 aliphatic rings. The van der Waals surface area contributed by atoms with Gasteiger partial charge in [-0.3, -0.25) is 4.79 Å². The minimum absolute atomic E-state index is 0.305. The summed E-state index contributed by atoms with van der Waals surface area (Å²) in [6, 6.07) is 5.95. The van der Waals surface area contributed by atoms with E-state index >= 15 is 0 Å². The third-order valence-electron chi connectivity index (χ3n) is 2.67. The van der Waals surface area contributed by atoms with E-state index in [0.29, 0.717) is 10.8 Å². The summed E-state index contributed by atoms with van der Waals surface area (Å²) in [7, 11) is 0. The van der Waals surface area contributed by atoms with E-state index in [0.717, 1.165) is 23.9 Å². The number of anilines is 1. The van der Waals surface area contributed by atoms with Crippen LogP contribution in [0.15, 0.2) is 47.9 Å². The van der Waals surface area contributed by atoms with Crippen LogP contribution >= 0.6 is 11.8 Å². The van der Waals surface area contributed by atoms with E-state index in [1.807, 2.05) is 0 Å². The number of carbonyl (C=O) groups is 1. The Balaban J connectivity index is 1.96. The number of thioether (sulfide) groups is 1. The van der Waals surface area contributed by atoms with Crippen LogP contribution < -0.4 is 5.32 Å². The molecular formula is C14H12F3N3OS. The molecule has 8 heteroatoms.